The summed E-state index contributed by atoms with van der Waals surface area (Å²) < 4.78 is 11.1. The largest absolute Gasteiger partial charge is 0.492 e. The quantitative estimate of drug-likeness (QED) is 0.746. The molecule has 0 N–H and O–H groups in total. The number of piperidine rings is 1. The number of nitrogens with zero attached hydrogens (tertiary/aromatic N) is 1. The van der Waals surface area contributed by atoms with Crippen LogP contribution in [-0.4, -0.2) is 43.9 Å². The molecule has 0 bridgehead atoms. The third-order valence-electron chi connectivity index (χ3n) is 3.94. The predicted molar refractivity (Wildman–Crippen MR) is 70.8 cm³/mol. The Bertz CT molecular complexity index is 356. The molecule has 98 valence electrons. The maximum absolute atomic E-state index is 5.73. The van der Waals surface area contributed by atoms with E-state index in [2.05, 4.69) is 4.90 Å². The molecule has 2 saturated heterocycles. The van der Waals surface area contributed by atoms with Crippen LogP contribution in [0.5, 0.6) is 5.75 Å². The van der Waals surface area contributed by atoms with Gasteiger partial charge in [0.15, 0.2) is 0 Å². The Balaban J connectivity index is 1.34. The highest BCUT2D eigenvalue weighted by Crippen LogP contribution is 2.29. The summed E-state index contributed by atoms with van der Waals surface area (Å²) in [4.78, 5) is 2.50. The highest BCUT2D eigenvalue weighted by Gasteiger charge is 2.34. The van der Waals surface area contributed by atoms with E-state index in [1.807, 2.05) is 30.3 Å². The van der Waals surface area contributed by atoms with Gasteiger partial charge in [-0.25, -0.2) is 0 Å². The summed E-state index contributed by atoms with van der Waals surface area (Å²) in [5.41, 5.74) is 0. The normalized spacial score (nSPS) is 25.0. The average Bonchev–Trinajstić information content (AvgIpc) is 3.25. The van der Waals surface area contributed by atoms with Crippen molar-refractivity contribution in [2.45, 2.75) is 18.9 Å². The molecule has 2 aliphatic heterocycles. The van der Waals surface area contributed by atoms with E-state index in [1.165, 1.54) is 25.9 Å². The van der Waals surface area contributed by atoms with Gasteiger partial charge < -0.3 is 9.47 Å². The van der Waals surface area contributed by atoms with Crippen molar-refractivity contribution in [3.8, 4) is 5.75 Å². The lowest BCUT2D eigenvalue weighted by Crippen LogP contribution is -2.37. The number of benzene rings is 1. The summed E-state index contributed by atoms with van der Waals surface area (Å²) in [5, 5.41) is 0. The Hall–Kier alpha value is -1.06. The Labute approximate surface area is 109 Å². The van der Waals surface area contributed by atoms with Gasteiger partial charge in [-0.05, 0) is 44.0 Å². The summed E-state index contributed by atoms with van der Waals surface area (Å²) >= 11 is 0. The molecule has 0 radical (unpaired) electrons. The Kier molecular flexibility index (Phi) is 3.81. The Morgan fingerprint density at radius 1 is 1.17 bits per heavy atom. The highest BCUT2D eigenvalue weighted by atomic mass is 16.6. The van der Waals surface area contributed by atoms with E-state index in [0.717, 1.165) is 31.4 Å². The van der Waals surface area contributed by atoms with Crippen molar-refractivity contribution in [2.75, 3.05) is 32.8 Å². The van der Waals surface area contributed by atoms with Crippen LogP contribution in [0.3, 0.4) is 0 Å². The molecule has 0 aromatic heterocycles. The van der Waals surface area contributed by atoms with E-state index in [4.69, 9.17) is 9.47 Å². The van der Waals surface area contributed by atoms with Gasteiger partial charge in [0.2, 0.25) is 0 Å². The Morgan fingerprint density at radius 2 is 1.89 bits per heavy atom. The number of ether oxygens (including phenoxy) is 2. The maximum Gasteiger partial charge on any atom is 0.119 e. The van der Waals surface area contributed by atoms with Crippen LogP contribution in [0.15, 0.2) is 30.3 Å². The molecular formula is C15H21NO2. The van der Waals surface area contributed by atoms with Gasteiger partial charge >= 0.3 is 0 Å². The van der Waals surface area contributed by atoms with Crippen molar-refractivity contribution < 1.29 is 9.47 Å². The molecule has 0 amide bonds. The molecule has 0 aliphatic carbocycles. The number of rotatable bonds is 5. The number of para-hydroxylation sites is 1. The molecule has 0 spiro atoms. The molecule has 2 fully saturated rings. The van der Waals surface area contributed by atoms with E-state index in [-0.39, 0.29) is 0 Å². The molecule has 3 heteroatoms. The van der Waals surface area contributed by atoms with E-state index in [9.17, 15) is 0 Å². The van der Waals surface area contributed by atoms with Crippen LogP contribution in [0.25, 0.3) is 0 Å². The summed E-state index contributed by atoms with van der Waals surface area (Å²) in [6, 6.07) is 10.1. The fourth-order valence-corrected chi connectivity index (χ4v) is 2.69. The van der Waals surface area contributed by atoms with Crippen molar-refractivity contribution in [1.82, 2.24) is 4.90 Å². The minimum absolute atomic E-state index is 0.590. The van der Waals surface area contributed by atoms with E-state index >= 15 is 0 Å². The van der Waals surface area contributed by atoms with Crippen LogP contribution in [0.2, 0.25) is 0 Å². The van der Waals surface area contributed by atoms with E-state index in [0.29, 0.717) is 6.10 Å². The molecule has 1 unspecified atom stereocenters. The van der Waals surface area contributed by atoms with Gasteiger partial charge in [0, 0.05) is 6.54 Å². The van der Waals surface area contributed by atoms with Crippen LogP contribution in [0.1, 0.15) is 12.8 Å². The first-order valence-corrected chi connectivity index (χ1v) is 6.93. The van der Waals surface area contributed by atoms with Crippen LogP contribution in [0, 0.1) is 5.92 Å². The molecule has 18 heavy (non-hydrogen) atoms. The number of epoxide rings is 1. The lowest BCUT2D eigenvalue weighted by atomic mass is 9.94. The average molecular weight is 247 g/mol. The molecule has 2 aliphatic rings. The van der Waals surface area contributed by atoms with Crippen molar-refractivity contribution in [3.05, 3.63) is 30.3 Å². The Morgan fingerprint density at radius 3 is 2.56 bits per heavy atom. The van der Waals surface area contributed by atoms with Gasteiger partial charge in [0.05, 0.1) is 12.7 Å². The van der Waals surface area contributed by atoms with Gasteiger partial charge in [0.1, 0.15) is 12.4 Å². The van der Waals surface area contributed by atoms with Crippen molar-refractivity contribution in [2.24, 2.45) is 5.92 Å². The van der Waals surface area contributed by atoms with Crippen LogP contribution in [-0.2, 0) is 4.74 Å². The summed E-state index contributed by atoms with van der Waals surface area (Å²) in [5.74, 6) is 1.79. The first-order chi connectivity index (χ1) is 8.92. The minimum Gasteiger partial charge on any atom is -0.492 e. The fourth-order valence-electron chi connectivity index (χ4n) is 2.69. The van der Waals surface area contributed by atoms with Gasteiger partial charge in [-0.15, -0.1) is 0 Å². The zero-order valence-corrected chi connectivity index (χ0v) is 10.8. The van der Waals surface area contributed by atoms with Crippen molar-refractivity contribution in [3.63, 3.8) is 0 Å². The molecule has 1 atom stereocenters. The number of hydrogen-bond acceptors (Lipinski definition) is 3. The first kappa shape index (κ1) is 12.0. The summed E-state index contributed by atoms with van der Waals surface area (Å²) in [6.45, 7) is 5.22. The lowest BCUT2D eigenvalue weighted by Gasteiger charge is -2.31. The lowest BCUT2D eigenvalue weighted by molar-refractivity contribution is 0.140. The molecular weight excluding hydrogens is 226 g/mol. The molecule has 1 aromatic rings. The third kappa shape index (κ3) is 3.24. The second-order valence-corrected chi connectivity index (χ2v) is 5.21. The smallest absolute Gasteiger partial charge is 0.119 e. The topological polar surface area (TPSA) is 25.0 Å². The van der Waals surface area contributed by atoms with Gasteiger partial charge in [-0.2, -0.15) is 0 Å². The zero-order valence-electron chi connectivity index (χ0n) is 10.8. The summed E-state index contributed by atoms with van der Waals surface area (Å²) in [6.07, 6.45) is 3.17. The molecule has 0 saturated carbocycles. The van der Waals surface area contributed by atoms with E-state index in [1.54, 1.807) is 0 Å². The fraction of sp³-hybridized carbons (Fsp3) is 0.600. The molecule has 3 nitrogen and oxygen atoms in total. The van der Waals surface area contributed by atoms with Crippen LogP contribution >= 0.6 is 0 Å². The first-order valence-electron chi connectivity index (χ1n) is 6.93. The molecule has 1 aromatic carbocycles. The van der Waals surface area contributed by atoms with Crippen molar-refractivity contribution in [1.29, 1.82) is 0 Å². The monoisotopic (exact) mass is 247 g/mol. The van der Waals surface area contributed by atoms with Crippen LogP contribution < -0.4 is 4.74 Å². The maximum atomic E-state index is 5.73. The third-order valence-corrected chi connectivity index (χ3v) is 3.94. The number of likely N-dealkylation sites (tertiary alicyclic amines) is 1. The summed E-state index contributed by atoms with van der Waals surface area (Å²) in [7, 11) is 0. The second kappa shape index (κ2) is 5.72. The van der Waals surface area contributed by atoms with Gasteiger partial charge in [0.25, 0.3) is 0 Å². The highest BCUT2D eigenvalue weighted by molar-refractivity contribution is 5.20. The van der Waals surface area contributed by atoms with Gasteiger partial charge in [-0.1, -0.05) is 18.2 Å². The standard InChI is InChI=1S/C15H21NO2/c1-2-4-14(5-3-1)17-11-10-16-8-6-13(7-9-16)15-12-18-15/h1-5,13,15H,6-12H2. The minimum atomic E-state index is 0.590. The van der Waals surface area contributed by atoms with Crippen molar-refractivity contribution >= 4 is 0 Å². The molecule has 2 heterocycles. The van der Waals surface area contributed by atoms with E-state index < -0.39 is 0 Å². The van der Waals surface area contributed by atoms with Crippen LogP contribution in [0.4, 0.5) is 0 Å². The SMILES string of the molecule is c1ccc(OCCN2CCC(C3CO3)CC2)cc1. The predicted octanol–water partition coefficient (Wildman–Crippen LogP) is 2.18. The number of hydrogen-bond donors (Lipinski definition) is 0. The second-order valence-electron chi connectivity index (χ2n) is 5.21. The zero-order chi connectivity index (χ0) is 12.2. The van der Waals surface area contributed by atoms with Gasteiger partial charge in [-0.3, -0.25) is 4.90 Å². The molecule has 3 rings (SSSR count).